The van der Waals surface area contributed by atoms with Crippen LogP contribution in [-0.4, -0.2) is 47.7 Å². The molecule has 0 spiro atoms. The van der Waals surface area contributed by atoms with Gasteiger partial charge in [-0.15, -0.1) is 0 Å². The van der Waals surface area contributed by atoms with Crippen LogP contribution >= 0.6 is 0 Å². The second-order valence-corrected chi connectivity index (χ2v) is 7.48. The van der Waals surface area contributed by atoms with Crippen LogP contribution in [0.1, 0.15) is 84.5 Å². The van der Waals surface area contributed by atoms with Gasteiger partial charge in [-0.1, -0.05) is 78.1 Å². The van der Waals surface area contributed by atoms with E-state index in [4.69, 9.17) is 14.6 Å². The number of rotatable bonds is 16. The van der Waals surface area contributed by atoms with Crippen LogP contribution < -0.4 is 0 Å². The number of aliphatic hydroxyl groups excluding tert-OH is 2. The normalized spacial score (nSPS) is 21.8. The van der Waals surface area contributed by atoms with Crippen molar-refractivity contribution in [2.75, 3.05) is 19.8 Å². The van der Waals surface area contributed by atoms with Gasteiger partial charge in [0.2, 0.25) is 0 Å². The lowest BCUT2D eigenvalue weighted by atomic mass is 9.89. The van der Waals surface area contributed by atoms with Gasteiger partial charge in [0.1, 0.15) is 12.7 Å². The van der Waals surface area contributed by atoms with Crippen molar-refractivity contribution < 1.29 is 24.5 Å². The lowest BCUT2D eigenvalue weighted by Gasteiger charge is -2.19. The van der Waals surface area contributed by atoms with Gasteiger partial charge in [0, 0.05) is 0 Å². The molecule has 1 saturated heterocycles. The van der Waals surface area contributed by atoms with Crippen molar-refractivity contribution in [2.24, 2.45) is 5.92 Å². The van der Waals surface area contributed by atoms with Crippen LogP contribution in [-0.2, 0) is 14.3 Å². The average molecular weight is 359 g/mol. The molecule has 0 aromatic rings. The molecule has 148 valence electrons. The van der Waals surface area contributed by atoms with Gasteiger partial charge in [0.25, 0.3) is 0 Å². The highest BCUT2D eigenvalue weighted by Crippen LogP contribution is 2.39. The van der Waals surface area contributed by atoms with Gasteiger partial charge in [-0.25, -0.2) is 4.79 Å². The lowest BCUT2D eigenvalue weighted by Crippen LogP contribution is -2.36. The molecule has 25 heavy (non-hydrogen) atoms. The Bertz CT molecular complexity index is 354. The Hall–Kier alpha value is -0.650. The van der Waals surface area contributed by atoms with E-state index in [1.54, 1.807) is 0 Å². The molecule has 1 aliphatic heterocycles. The molecule has 0 aromatic heterocycles. The van der Waals surface area contributed by atoms with Gasteiger partial charge in [0.15, 0.2) is 5.60 Å². The third-order valence-corrected chi connectivity index (χ3v) is 5.21. The van der Waals surface area contributed by atoms with Crippen molar-refractivity contribution in [1.29, 1.82) is 0 Å². The molecule has 0 bridgehead atoms. The number of ether oxygens (including phenoxy) is 2. The largest absolute Gasteiger partial charge is 0.461 e. The molecule has 0 aliphatic carbocycles. The number of epoxide rings is 1. The van der Waals surface area contributed by atoms with Gasteiger partial charge in [-0.05, 0) is 12.3 Å². The molecule has 1 rings (SSSR count). The van der Waals surface area contributed by atoms with Crippen LogP contribution in [0.5, 0.6) is 0 Å². The number of hydrogen-bond donors (Lipinski definition) is 2. The Morgan fingerprint density at radius 3 is 2.08 bits per heavy atom. The van der Waals surface area contributed by atoms with E-state index in [1.807, 2.05) is 6.92 Å². The van der Waals surface area contributed by atoms with Crippen LogP contribution in [0.15, 0.2) is 0 Å². The zero-order valence-corrected chi connectivity index (χ0v) is 16.2. The van der Waals surface area contributed by atoms with Gasteiger partial charge < -0.3 is 19.7 Å². The summed E-state index contributed by atoms with van der Waals surface area (Å²) in [4.78, 5) is 12.1. The molecule has 3 atom stereocenters. The van der Waals surface area contributed by atoms with Crippen LogP contribution in [0.3, 0.4) is 0 Å². The van der Waals surface area contributed by atoms with Crippen LogP contribution in [0, 0.1) is 5.92 Å². The number of esters is 1. The molecule has 3 unspecified atom stereocenters. The second kappa shape index (κ2) is 12.7. The predicted molar refractivity (Wildman–Crippen MR) is 98.4 cm³/mol. The minimum Gasteiger partial charge on any atom is -0.461 e. The topological polar surface area (TPSA) is 79.3 Å². The molecule has 0 saturated carbocycles. The highest BCUT2D eigenvalue weighted by Gasteiger charge is 2.57. The molecular formula is C20H38O5. The minimum atomic E-state index is -1.02. The van der Waals surface area contributed by atoms with Gasteiger partial charge in [-0.2, -0.15) is 0 Å². The Labute approximate surface area is 153 Å². The van der Waals surface area contributed by atoms with Crippen LogP contribution in [0.4, 0.5) is 0 Å². The summed E-state index contributed by atoms with van der Waals surface area (Å²) in [5.74, 6) is -0.278. The molecule has 1 heterocycles. The fraction of sp³-hybridized carbons (Fsp3) is 0.950. The lowest BCUT2D eigenvalue weighted by molar-refractivity contribution is -0.155. The highest BCUT2D eigenvalue weighted by atomic mass is 16.6. The number of carbonyl (C=O) groups is 1. The van der Waals surface area contributed by atoms with Gasteiger partial charge in [0.05, 0.1) is 13.2 Å². The van der Waals surface area contributed by atoms with E-state index in [0.29, 0.717) is 6.61 Å². The molecule has 0 radical (unpaired) electrons. The number of carbonyl (C=O) groups excluding carboxylic acids is 1. The van der Waals surface area contributed by atoms with Crippen molar-refractivity contribution in [1.82, 2.24) is 0 Å². The summed E-state index contributed by atoms with van der Waals surface area (Å²) in [7, 11) is 0. The Balaban J connectivity index is 2.05. The van der Waals surface area contributed by atoms with E-state index >= 15 is 0 Å². The van der Waals surface area contributed by atoms with Gasteiger partial charge >= 0.3 is 5.97 Å². The molecule has 0 amide bonds. The quantitative estimate of drug-likeness (QED) is 0.250. The second-order valence-electron chi connectivity index (χ2n) is 7.48. The van der Waals surface area contributed by atoms with Crippen molar-refractivity contribution in [3.8, 4) is 0 Å². The predicted octanol–water partition coefficient (Wildman–Crippen LogP) is 3.60. The molecule has 5 nitrogen and oxygen atoms in total. The van der Waals surface area contributed by atoms with E-state index in [1.165, 1.54) is 57.8 Å². The smallest absolute Gasteiger partial charge is 0.341 e. The number of hydrogen-bond acceptors (Lipinski definition) is 5. The maximum atomic E-state index is 12.1. The first-order chi connectivity index (χ1) is 12.1. The van der Waals surface area contributed by atoms with E-state index in [2.05, 4.69) is 6.92 Å². The first kappa shape index (κ1) is 22.4. The fourth-order valence-electron chi connectivity index (χ4n) is 3.20. The summed E-state index contributed by atoms with van der Waals surface area (Å²) in [6, 6.07) is 0. The first-order valence-corrected chi connectivity index (χ1v) is 10.2. The molecule has 1 fully saturated rings. The third-order valence-electron chi connectivity index (χ3n) is 5.21. The molecule has 2 N–H and O–H groups in total. The minimum absolute atomic E-state index is 0.125. The summed E-state index contributed by atoms with van der Waals surface area (Å²) < 4.78 is 10.5. The summed E-state index contributed by atoms with van der Waals surface area (Å²) in [6.07, 6.45) is 12.9. The van der Waals surface area contributed by atoms with Crippen molar-refractivity contribution >= 4 is 5.97 Å². The Kier molecular flexibility index (Phi) is 11.3. The Morgan fingerprint density at radius 2 is 1.60 bits per heavy atom. The summed E-state index contributed by atoms with van der Waals surface area (Å²) in [5.41, 5.74) is -0.811. The number of unbranched alkanes of at least 4 members (excludes halogenated alkanes) is 9. The van der Waals surface area contributed by atoms with Crippen LogP contribution in [0.2, 0.25) is 0 Å². The fourth-order valence-corrected chi connectivity index (χ4v) is 3.20. The molecular weight excluding hydrogens is 320 g/mol. The SMILES string of the molecule is CCCCCCCCCCCCC(C)C1(C(=O)OCC(O)CO)CO1. The summed E-state index contributed by atoms with van der Waals surface area (Å²) in [5, 5.41) is 18.0. The van der Waals surface area contributed by atoms with Crippen molar-refractivity contribution in [2.45, 2.75) is 96.2 Å². The monoisotopic (exact) mass is 358 g/mol. The zero-order chi connectivity index (χ0) is 18.5. The van der Waals surface area contributed by atoms with E-state index in [-0.39, 0.29) is 12.5 Å². The average Bonchev–Trinajstić information content (AvgIpc) is 3.42. The van der Waals surface area contributed by atoms with E-state index < -0.39 is 24.3 Å². The first-order valence-electron chi connectivity index (χ1n) is 10.2. The van der Waals surface area contributed by atoms with Crippen molar-refractivity contribution in [3.63, 3.8) is 0 Å². The molecule has 1 aliphatic rings. The third kappa shape index (κ3) is 8.52. The molecule has 0 aromatic carbocycles. The molecule has 5 heteroatoms. The maximum Gasteiger partial charge on any atom is 0.341 e. The summed E-state index contributed by atoms with van der Waals surface area (Å²) >= 11 is 0. The highest BCUT2D eigenvalue weighted by molar-refractivity contribution is 5.82. The maximum absolute atomic E-state index is 12.1. The van der Waals surface area contributed by atoms with E-state index in [0.717, 1.165) is 12.8 Å². The number of aliphatic hydroxyl groups is 2. The van der Waals surface area contributed by atoms with Crippen LogP contribution in [0.25, 0.3) is 0 Å². The zero-order valence-electron chi connectivity index (χ0n) is 16.2. The Morgan fingerprint density at radius 1 is 1.08 bits per heavy atom. The standard InChI is InChI=1S/C20H38O5/c1-3-4-5-6-7-8-9-10-11-12-13-17(2)20(16-25-20)19(23)24-15-18(22)14-21/h17-18,21-22H,3-16H2,1-2H3. The van der Waals surface area contributed by atoms with Gasteiger partial charge in [-0.3, -0.25) is 0 Å². The van der Waals surface area contributed by atoms with Crippen molar-refractivity contribution in [3.05, 3.63) is 0 Å². The summed E-state index contributed by atoms with van der Waals surface area (Å²) in [6.45, 7) is 4.10. The van der Waals surface area contributed by atoms with E-state index in [9.17, 15) is 9.90 Å².